The van der Waals surface area contributed by atoms with Crippen LogP contribution in [0.2, 0.25) is 0 Å². The Morgan fingerprint density at radius 3 is 2.33 bits per heavy atom. The van der Waals surface area contributed by atoms with Crippen LogP contribution in [0.15, 0.2) is 22.7 Å². The summed E-state index contributed by atoms with van der Waals surface area (Å²) < 4.78 is 0.891. The predicted molar refractivity (Wildman–Crippen MR) is 88.1 cm³/mol. The SMILES string of the molecule is O=C(O)c1ccc(N2CCC3(CCCCC3)CC2)c(Br)c1. The lowest BCUT2D eigenvalue weighted by molar-refractivity contribution is 0.0697. The molecular formula is C17H22BrNO2. The minimum Gasteiger partial charge on any atom is -0.478 e. The number of hydrogen-bond acceptors (Lipinski definition) is 2. The summed E-state index contributed by atoms with van der Waals surface area (Å²) in [5.41, 5.74) is 2.07. The van der Waals surface area contributed by atoms with Gasteiger partial charge in [0, 0.05) is 17.6 Å². The smallest absolute Gasteiger partial charge is 0.335 e. The van der Waals surface area contributed by atoms with Gasteiger partial charge in [-0.25, -0.2) is 4.79 Å². The first-order chi connectivity index (χ1) is 10.1. The fourth-order valence-electron chi connectivity index (χ4n) is 3.92. The summed E-state index contributed by atoms with van der Waals surface area (Å²) >= 11 is 3.53. The van der Waals surface area contributed by atoms with Gasteiger partial charge in [0.1, 0.15) is 0 Å². The molecule has 114 valence electrons. The number of aromatic carboxylic acids is 1. The molecule has 2 aliphatic rings. The lowest BCUT2D eigenvalue weighted by atomic mass is 9.68. The molecule has 4 heteroatoms. The zero-order chi connectivity index (χ0) is 14.9. The molecule has 0 amide bonds. The maximum Gasteiger partial charge on any atom is 0.335 e. The van der Waals surface area contributed by atoms with E-state index in [1.165, 1.54) is 44.9 Å². The average Bonchev–Trinajstić information content (AvgIpc) is 2.49. The number of rotatable bonds is 2. The molecule has 0 atom stereocenters. The van der Waals surface area contributed by atoms with Gasteiger partial charge in [0.05, 0.1) is 11.3 Å². The maximum absolute atomic E-state index is 11.0. The Balaban J connectivity index is 1.70. The molecule has 0 aromatic heterocycles. The molecule has 1 aliphatic carbocycles. The second-order valence-electron chi connectivity index (χ2n) is 6.52. The van der Waals surface area contributed by atoms with Crippen molar-refractivity contribution in [3.05, 3.63) is 28.2 Å². The number of anilines is 1. The zero-order valence-electron chi connectivity index (χ0n) is 12.3. The number of hydrogen-bond donors (Lipinski definition) is 1. The molecule has 3 rings (SSSR count). The number of halogens is 1. The van der Waals surface area contributed by atoms with Crippen LogP contribution in [0.4, 0.5) is 5.69 Å². The Labute approximate surface area is 134 Å². The fourth-order valence-corrected chi connectivity index (χ4v) is 4.55. The van der Waals surface area contributed by atoms with Crippen LogP contribution in [0.3, 0.4) is 0 Å². The summed E-state index contributed by atoms with van der Waals surface area (Å²) in [6.07, 6.45) is 9.57. The minimum atomic E-state index is -0.873. The Bertz CT molecular complexity index is 528. The van der Waals surface area contributed by atoms with Gasteiger partial charge in [0.25, 0.3) is 0 Å². The second-order valence-corrected chi connectivity index (χ2v) is 7.37. The first kappa shape index (κ1) is 14.9. The van der Waals surface area contributed by atoms with Gasteiger partial charge in [-0.05, 0) is 65.2 Å². The van der Waals surface area contributed by atoms with Crippen LogP contribution < -0.4 is 4.90 Å². The van der Waals surface area contributed by atoms with E-state index < -0.39 is 5.97 Å². The third-order valence-corrected chi connectivity index (χ3v) is 5.91. The average molecular weight is 352 g/mol. The molecular weight excluding hydrogens is 330 g/mol. The van der Waals surface area contributed by atoms with Gasteiger partial charge in [-0.15, -0.1) is 0 Å². The van der Waals surface area contributed by atoms with Crippen molar-refractivity contribution >= 4 is 27.6 Å². The monoisotopic (exact) mass is 351 g/mol. The van der Waals surface area contributed by atoms with E-state index in [9.17, 15) is 4.79 Å². The molecule has 0 radical (unpaired) electrons. The van der Waals surface area contributed by atoms with Crippen LogP contribution in [0.5, 0.6) is 0 Å². The molecule has 0 bridgehead atoms. The van der Waals surface area contributed by atoms with E-state index in [1.54, 1.807) is 12.1 Å². The molecule has 2 fully saturated rings. The Morgan fingerprint density at radius 2 is 1.76 bits per heavy atom. The number of benzene rings is 1. The summed E-state index contributed by atoms with van der Waals surface area (Å²) in [6, 6.07) is 5.35. The highest BCUT2D eigenvalue weighted by Gasteiger charge is 2.35. The third kappa shape index (κ3) is 3.10. The summed E-state index contributed by atoms with van der Waals surface area (Å²) in [5.74, 6) is -0.873. The minimum absolute atomic E-state index is 0.339. The molecule has 1 aliphatic heterocycles. The van der Waals surface area contributed by atoms with E-state index in [0.29, 0.717) is 11.0 Å². The summed E-state index contributed by atoms with van der Waals surface area (Å²) in [7, 11) is 0. The summed E-state index contributed by atoms with van der Waals surface area (Å²) in [6.45, 7) is 2.18. The molecule has 1 N–H and O–H groups in total. The van der Waals surface area contributed by atoms with Crippen LogP contribution >= 0.6 is 15.9 Å². The number of carboxylic acid groups (broad SMARTS) is 1. The normalized spacial score (nSPS) is 21.5. The molecule has 3 nitrogen and oxygen atoms in total. The van der Waals surface area contributed by atoms with Crippen molar-refractivity contribution in [2.24, 2.45) is 5.41 Å². The van der Waals surface area contributed by atoms with Crippen molar-refractivity contribution in [1.29, 1.82) is 0 Å². The van der Waals surface area contributed by atoms with Gasteiger partial charge >= 0.3 is 5.97 Å². The Morgan fingerprint density at radius 1 is 1.10 bits per heavy atom. The highest BCUT2D eigenvalue weighted by atomic mass is 79.9. The highest BCUT2D eigenvalue weighted by Crippen LogP contribution is 2.45. The number of nitrogens with zero attached hydrogens (tertiary/aromatic N) is 1. The van der Waals surface area contributed by atoms with Crippen LogP contribution in [-0.2, 0) is 0 Å². The van der Waals surface area contributed by atoms with Gasteiger partial charge in [-0.2, -0.15) is 0 Å². The standard InChI is InChI=1S/C17H22BrNO2/c18-14-12-13(16(20)21)4-5-15(14)19-10-8-17(9-11-19)6-2-1-3-7-17/h4-5,12H,1-3,6-11H2,(H,20,21). The van der Waals surface area contributed by atoms with E-state index >= 15 is 0 Å². The molecule has 1 aromatic rings. The van der Waals surface area contributed by atoms with Gasteiger partial charge in [0.2, 0.25) is 0 Å². The molecule has 1 saturated carbocycles. The van der Waals surface area contributed by atoms with Crippen molar-refractivity contribution in [2.75, 3.05) is 18.0 Å². The van der Waals surface area contributed by atoms with Crippen LogP contribution in [0.25, 0.3) is 0 Å². The lowest BCUT2D eigenvalue weighted by Crippen LogP contribution is -2.41. The van der Waals surface area contributed by atoms with Crippen LogP contribution in [-0.4, -0.2) is 24.2 Å². The summed E-state index contributed by atoms with van der Waals surface area (Å²) in [5, 5.41) is 9.04. The Kier molecular flexibility index (Phi) is 4.25. The van der Waals surface area contributed by atoms with Crippen molar-refractivity contribution < 1.29 is 9.90 Å². The quantitative estimate of drug-likeness (QED) is 0.839. The molecule has 1 saturated heterocycles. The first-order valence-corrected chi connectivity index (χ1v) is 8.67. The molecule has 1 spiro atoms. The topological polar surface area (TPSA) is 40.5 Å². The van der Waals surface area contributed by atoms with E-state index in [0.717, 1.165) is 23.2 Å². The van der Waals surface area contributed by atoms with E-state index in [2.05, 4.69) is 20.8 Å². The number of carboxylic acids is 1. The van der Waals surface area contributed by atoms with Crippen LogP contribution in [0, 0.1) is 5.41 Å². The summed E-state index contributed by atoms with van der Waals surface area (Å²) in [4.78, 5) is 13.4. The predicted octanol–water partition coefficient (Wildman–Crippen LogP) is 4.70. The highest BCUT2D eigenvalue weighted by molar-refractivity contribution is 9.10. The van der Waals surface area contributed by atoms with Crippen molar-refractivity contribution in [3.63, 3.8) is 0 Å². The van der Waals surface area contributed by atoms with Gasteiger partial charge in [-0.1, -0.05) is 19.3 Å². The zero-order valence-corrected chi connectivity index (χ0v) is 13.9. The molecule has 21 heavy (non-hydrogen) atoms. The van der Waals surface area contributed by atoms with Gasteiger partial charge in [-0.3, -0.25) is 0 Å². The lowest BCUT2D eigenvalue weighted by Gasteiger charge is -2.45. The number of carbonyl (C=O) groups is 1. The van der Waals surface area contributed by atoms with E-state index in [-0.39, 0.29) is 0 Å². The Hall–Kier alpha value is -1.03. The largest absolute Gasteiger partial charge is 0.478 e. The van der Waals surface area contributed by atoms with Crippen molar-refractivity contribution in [3.8, 4) is 0 Å². The van der Waals surface area contributed by atoms with E-state index in [4.69, 9.17) is 5.11 Å². The third-order valence-electron chi connectivity index (χ3n) is 5.27. The second kappa shape index (κ2) is 5.99. The van der Waals surface area contributed by atoms with Crippen LogP contribution in [0.1, 0.15) is 55.3 Å². The fraction of sp³-hybridized carbons (Fsp3) is 0.588. The molecule has 1 heterocycles. The van der Waals surface area contributed by atoms with Gasteiger partial charge in [0.15, 0.2) is 0 Å². The molecule has 0 unspecified atom stereocenters. The number of piperidine rings is 1. The van der Waals surface area contributed by atoms with Crippen molar-refractivity contribution in [2.45, 2.75) is 44.9 Å². The first-order valence-electron chi connectivity index (χ1n) is 7.88. The van der Waals surface area contributed by atoms with Gasteiger partial charge < -0.3 is 10.0 Å². The molecule has 1 aromatic carbocycles. The van der Waals surface area contributed by atoms with E-state index in [1.807, 2.05) is 6.07 Å². The maximum atomic E-state index is 11.0. The van der Waals surface area contributed by atoms with Crippen molar-refractivity contribution in [1.82, 2.24) is 0 Å².